The SMILES string of the molecule is Cc1cc(F)ccc1-n1c(SCC(=O)Nc2cccc(C(C)C)c2)nc2ccsc2c1=O. The first-order chi connectivity index (χ1) is 15.3. The number of benzene rings is 2. The highest BCUT2D eigenvalue weighted by molar-refractivity contribution is 7.99. The summed E-state index contributed by atoms with van der Waals surface area (Å²) in [5.74, 6) is -0.135. The summed E-state index contributed by atoms with van der Waals surface area (Å²) in [6.07, 6.45) is 0. The largest absolute Gasteiger partial charge is 0.325 e. The van der Waals surface area contributed by atoms with E-state index in [0.29, 0.717) is 32.5 Å². The Morgan fingerprint density at radius 3 is 2.78 bits per heavy atom. The Kier molecular flexibility index (Phi) is 6.43. The number of carbonyl (C=O) groups is 1. The Labute approximate surface area is 193 Å². The molecular formula is C24H22FN3O2S2. The zero-order chi connectivity index (χ0) is 22.8. The number of hydrogen-bond acceptors (Lipinski definition) is 5. The lowest BCUT2D eigenvalue weighted by atomic mass is 10.0. The molecule has 164 valence electrons. The van der Waals surface area contributed by atoms with Gasteiger partial charge in [0, 0.05) is 5.69 Å². The van der Waals surface area contributed by atoms with E-state index < -0.39 is 0 Å². The summed E-state index contributed by atoms with van der Waals surface area (Å²) >= 11 is 2.49. The summed E-state index contributed by atoms with van der Waals surface area (Å²) < 4.78 is 15.6. The summed E-state index contributed by atoms with van der Waals surface area (Å²) in [5, 5.41) is 5.11. The Bertz CT molecular complexity index is 1360. The molecule has 2 heterocycles. The van der Waals surface area contributed by atoms with Gasteiger partial charge < -0.3 is 5.32 Å². The van der Waals surface area contributed by atoms with Crippen LogP contribution >= 0.6 is 23.1 Å². The van der Waals surface area contributed by atoms with Crippen LogP contribution in [-0.4, -0.2) is 21.2 Å². The summed E-state index contributed by atoms with van der Waals surface area (Å²) in [6, 6.07) is 13.8. The fourth-order valence-corrected chi connectivity index (χ4v) is 4.94. The minimum Gasteiger partial charge on any atom is -0.325 e. The standard InChI is InChI=1S/C24H22FN3O2S2/c1-14(2)16-5-4-6-18(12-16)26-21(29)13-32-24-27-19-9-10-31-22(19)23(30)28(24)20-8-7-17(25)11-15(20)3/h4-12,14H,13H2,1-3H3,(H,26,29). The molecule has 0 unspecified atom stereocenters. The minimum atomic E-state index is -0.373. The molecule has 4 aromatic rings. The molecule has 2 aromatic heterocycles. The topological polar surface area (TPSA) is 64.0 Å². The maximum Gasteiger partial charge on any atom is 0.276 e. The highest BCUT2D eigenvalue weighted by atomic mass is 32.2. The van der Waals surface area contributed by atoms with Gasteiger partial charge in [-0.15, -0.1) is 11.3 Å². The molecule has 0 radical (unpaired) electrons. The van der Waals surface area contributed by atoms with Gasteiger partial charge in [0.2, 0.25) is 5.91 Å². The Hall–Kier alpha value is -2.97. The van der Waals surface area contributed by atoms with Crippen LogP contribution in [0.1, 0.15) is 30.9 Å². The number of anilines is 1. The van der Waals surface area contributed by atoms with Crippen LogP contribution in [0.5, 0.6) is 0 Å². The van der Waals surface area contributed by atoms with Crippen molar-refractivity contribution in [3.63, 3.8) is 0 Å². The van der Waals surface area contributed by atoms with E-state index in [4.69, 9.17) is 0 Å². The van der Waals surface area contributed by atoms with Gasteiger partial charge in [0.15, 0.2) is 5.16 Å². The molecule has 0 aliphatic carbocycles. The van der Waals surface area contributed by atoms with E-state index >= 15 is 0 Å². The molecule has 0 saturated heterocycles. The predicted octanol–water partition coefficient (Wildman–Crippen LogP) is 5.75. The zero-order valence-corrected chi connectivity index (χ0v) is 19.5. The fourth-order valence-electron chi connectivity index (χ4n) is 3.37. The van der Waals surface area contributed by atoms with Crippen molar-refractivity contribution in [2.45, 2.75) is 31.8 Å². The average molecular weight is 468 g/mol. The maximum atomic E-state index is 13.6. The van der Waals surface area contributed by atoms with Gasteiger partial charge >= 0.3 is 0 Å². The van der Waals surface area contributed by atoms with E-state index in [1.54, 1.807) is 19.1 Å². The molecule has 0 bridgehead atoms. The summed E-state index contributed by atoms with van der Waals surface area (Å²) in [6.45, 7) is 5.94. The molecule has 0 spiro atoms. The highest BCUT2D eigenvalue weighted by Crippen LogP contribution is 2.26. The van der Waals surface area contributed by atoms with Gasteiger partial charge in [-0.2, -0.15) is 0 Å². The van der Waals surface area contributed by atoms with Crippen LogP contribution in [0.15, 0.2) is 63.9 Å². The first-order valence-electron chi connectivity index (χ1n) is 10.1. The Morgan fingerprint density at radius 2 is 2.03 bits per heavy atom. The lowest BCUT2D eigenvalue weighted by Crippen LogP contribution is -2.23. The number of hydrogen-bond donors (Lipinski definition) is 1. The van der Waals surface area contributed by atoms with Crippen molar-refractivity contribution in [2.24, 2.45) is 0 Å². The van der Waals surface area contributed by atoms with Crippen LogP contribution in [0.25, 0.3) is 15.9 Å². The third-order valence-electron chi connectivity index (χ3n) is 5.02. The van der Waals surface area contributed by atoms with Crippen LogP contribution in [0.3, 0.4) is 0 Å². The Balaban J connectivity index is 1.63. The monoisotopic (exact) mass is 467 g/mol. The molecule has 0 aliphatic heterocycles. The van der Waals surface area contributed by atoms with Crippen molar-refractivity contribution in [1.29, 1.82) is 0 Å². The molecule has 1 amide bonds. The van der Waals surface area contributed by atoms with E-state index in [2.05, 4.69) is 24.1 Å². The van der Waals surface area contributed by atoms with Gasteiger partial charge in [-0.1, -0.05) is 37.7 Å². The summed E-state index contributed by atoms with van der Waals surface area (Å²) in [5.41, 5.74) is 3.39. The molecule has 4 rings (SSSR count). The van der Waals surface area contributed by atoms with Crippen molar-refractivity contribution in [3.05, 3.63) is 81.2 Å². The number of aryl methyl sites for hydroxylation is 1. The number of rotatable bonds is 6. The predicted molar refractivity (Wildman–Crippen MR) is 130 cm³/mol. The van der Waals surface area contributed by atoms with E-state index in [-0.39, 0.29) is 23.0 Å². The Morgan fingerprint density at radius 1 is 1.22 bits per heavy atom. The molecule has 0 fully saturated rings. The van der Waals surface area contributed by atoms with Gasteiger partial charge in [0.05, 0.1) is 17.0 Å². The van der Waals surface area contributed by atoms with Crippen LogP contribution in [0, 0.1) is 12.7 Å². The van der Waals surface area contributed by atoms with Crippen molar-refractivity contribution in [3.8, 4) is 5.69 Å². The smallest absolute Gasteiger partial charge is 0.276 e. The average Bonchev–Trinajstić information content (AvgIpc) is 3.22. The van der Waals surface area contributed by atoms with Crippen molar-refractivity contribution < 1.29 is 9.18 Å². The second-order valence-corrected chi connectivity index (χ2v) is 9.58. The van der Waals surface area contributed by atoms with Gasteiger partial charge in [-0.05, 0) is 65.7 Å². The van der Waals surface area contributed by atoms with E-state index in [1.807, 2.05) is 29.6 Å². The van der Waals surface area contributed by atoms with E-state index in [1.165, 1.54) is 39.8 Å². The molecule has 1 N–H and O–H groups in total. The number of fused-ring (bicyclic) bond motifs is 1. The minimum absolute atomic E-state index is 0.0776. The number of nitrogens with zero attached hydrogens (tertiary/aromatic N) is 2. The lowest BCUT2D eigenvalue weighted by Gasteiger charge is -2.14. The highest BCUT2D eigenvalue weighted by Gasteiger charge is 2.17. The number of amides is 1. The van der Waals surface area contributed by atoms with Gasteiger partial charge in [0.25, 0.3) is 5.56 Å². The van der Waals surface area contributed by atoms with Gasteiger partial charge in [0.1, 0.15) is 10.5 Å². The second kappa shape index (κ2) is 9.26. The third kappa shape index (κ3) is 4.61. The van der Waals surface area contributed by atoms with Gasteiger partial charge in [-0.25, -0.2) is 9.37 Å². The molecule has 0 saturated carbocycles. The quantitative estimate of drug-likeness (QED) is 0.290. The number of nitrogens with one attached hydrogen (secondary N) is 1. The number of aromatic nitrogens is 2. The number of thiophene rings is 1. The maximum absolute atomic E-state index is 13.6. The summed E-state index contributed by atoms with van der Waals surface area (Å²) in [4.78, 5) is 30.5. The van der Waals surface area contributed by atoms with Crippen molar-refractivity contribution >= 4 is 44.9 Å². The van der Waals surface area contributed by atoms with E-state index in [9.17, 15) is 14.0 Å². The fraction of sp³-hybridized carbons (Fsp3) is 0.208. The van der Waals surface area contributed by atoms with Gasteiger partial charge in [-0.3, -0.25) is 14.2 Å². The zero-order valence-electron chi connectivity index (χ0n) is 17.9. The first-order valence-corrected chi connectivity index (χ1v) is 12.0. The van der Waals surface area contributed by atoms with Crippen LogP contribution in [-0.2, 0) is 4.79 Å². The molecule has 5 nitrogen and oxygen atoms in total. The molecule has 0 atom stereocenters. The molecular weight excluding hydrogens is 445 g/mol. The first kappa shape index (κ1) is 22.2. The normalized spacial score (nSPS) is 11.3. The molecule has 8 heteroatoms. The third-order valence-corrected chi connectivity index (χ3v) is 6.85. The number of halogens is 1. The summed E-state index contributed by atoms with van der Waals surface area (Å²) in [7, 11) is 0. The number of thioether (sulfide) groups is 1. The van der Waals surface area contributed by atoms with Crippen molar-refractivity contribution in [2.75, 3.05) is 11.1 Å². The second-order valence-electron chi connectivity index (χ2n) is 7.72. The van der Waals surface area contributed by atoms with Crippen molar-refractivity contribution in [1.82, 2.24) is 9.55 Å². The van der Waals surface area contributed by atoms with Crippen LogP contribution in [0.2, 0.25) is 0 Å². The molecule has 32 heavy (non-hydrogen) atoms. The number of carbonyl (C=O) groups excluding carboxylic acids is 1. The van der Waals surface area contributed by atoms with Crippen LogP contribution < -0.4 is 10.9 Å². The lowest BCUT2D eigenvalue weighted by molar-refractivity contribution is -0.113. The van der Waals surface area contributed by atoms with E-state index in [0.717, 1.165) is 11.3 Å². The van der Waals surface area contributed by atoms with Crippen LogP contribution in [0.4, 0.5) is 10.1 Å². The molecule has 2 aromatic carbocycles. The molecule has 0 aliphatic rings.